The maximum Gasteiger partial charge on any atom is 0.264 e. The van der Waals surface area contributed by atoms with Crippen molar-refractivity contribution in [2.24, 2.45) is 10.8 Å². The molecule has 272 valence electrons. The number of rotatable bonds is 13. The van der Waals surface area contributed by atoms with Crippen LogP contribution in [0.15, 0.2) is 59.8 Å². The van der Waals surface area contributed by atoms with E-state index in [1.807, 2.05) is 51.5 Å². The number of sulfonamides is 1. The molecule has 2 aromatic heterocycles. The molecule has 0 unspecified atom stereocenters. The standard InChI is InChI=1S/C38H48FN7O4S/c1-25-11-9-12-26(2)32(25)34-33(39)35(43-36(42-34)44-51(48,49)30-14-10-13-27(17-30)22-47)50-23-28(18-37(3,4)5)45(8)21-31-40-19-29(20-41-31)46-16-15-38(6,7)24-46/h9-14,17,19-20,22,28H,15-16,18,21,23-24H2,1-8H3,(H,42,43,44)/t28-/m1/s1. The summed E-state index contributed by atoms with van der Waals surface area (Å²) in [7, 11) is -2.30. The lowest BCUT2D eigenvalue weighted by Gasteiger charge is -2.32. The maximum atomic E-state index is 16.4. The number of benzene rings is 2. The van der Waals surface area contributed by atoms with E-state index >= 15 is 4.39 Å². The Hall–Kier alpha value is -4.49. The van der Waals surface area contributed by atoms with Crippen LogP contribution in [0.5, 0.6) is 5.88 Å². The smallest absolute Gasteiger partial charge is 0.264 e. The summed E-state index contributed by atoms with van der Waals surface area (Å²) in [6.45, 7) is 17.0. The van der Waals surface area contributed by atoms with Gasteiger partial charge in [0.1, 0.15) is 24.4 Å². The van der Waals surface area contributed by atoms with Crippen molar-refractivity contribution in [3.8, 4) is 17.1 Å². The molecule has 0 radical (unpaired) electrons. The Balaban J connectivity index is 1.43. The van der Waals surface area contributed by atoms with Crippen molar-refractivity contribution in [3.63, 3.8) is 0 Å². The van der Waals surface area contributed by atoms with Crippen LogP contribution in [0.4, 0.5) is 16.0 Å². The zero-order valence-electron chi connectivity index (χ0n) is 30.7. The molecule has 5 rings (SSSR count). The van der Waals surface area contributed by atoms with Crippen molar-refractivity contribution in [2.45, 2.75) is 78.8 Å². The van der Waals surface area contributed by atoms with Crippen LogP contribution in [0, 0.1) is 30.5 Å². The molecule has 1 N–H and O–H groups in total. The zero-order valence-corrected chi connectivity index (χ0v) is 31.5. The van der Waals surface area contributed by atoms with Gasteiger partial charge in [-0.1, -0.05) is 65.0 Å². The molecule has 13 heteroatoms. The number of aryl methyl sites for hydroxylation is 2. The Kier molecular flexibility index (Phi) is 11.1. The second-order valence-electron chi connectivity index (χ2n) is 15.4. The average molecular weight is 718 g/mol. The third-order valence-corrected chi connectivity index (χ3v) is 10.4. The zero-order chi connectivity index (χ0) is 37.1. The summed E-state index contributed by atoms with van der Waals surface area (Å²) in [6, 6.07) is 10.8. The van der Waals surface area contributed by atoms with Gasteiger partial charge in [-0.2, -0.15) is 9.37 Å². The van der Waals surface area contributed by atoms with E-state index < -0.39 is 15.8 Å². The summed E-state index contributed by atoms with van der Waals surface area (Å²) < 4.78 is 51.7. The van der Waals surface area contributed by atoms with Crippen molar-refractivity contribution < 1.29 is 22.3 Å². The Morgan fingerprint density at radius 2 is 1.75 bits per heavy atom. The molecule has 0 bridgehead atoms. The second-order valence-corrected chi connectivity index (χ2v) is 17.1. The summed E-state index contributed by atoms with van der Waals surface area (Å²) in [6.07, 6.45) is 6.10. The van der Waals surface area contributed by atoms with Crippen LogP contribution in [-0.2, 0) is 16.6 Å². The highest BCUT2D eigenvalue weighted by Gasteiger charge is 2.30. The number of nitrogens with one attached hydrogen (secondary N) is 1. The number of anilines is 2. The molecule has 0 aliphatic carbocycles. The van der Waals surface area contributed by atoms with Crippen LogP contribution < -0.4 is 14.4 Å². The number of aromatic nitrogens is 4. The lowest BCUT2D eigenvalue weighted by atomic mass is 9.88. The van der Waals surface area contributed by atoms with Gasteiger partial charge in [-0.05, 0) is 67.8 Å². The fourth-order valence-corrected chi connectivity index (χ4v) is 7.36. The normalized spacial score (nSPS) is 15.2. The van der Waals surface area contributed by atoms with E-state index in [2.05, 4.69) is 69.1 Å². The first kappa shape index (κ1) is 37.8. The average Bonchev–Trinajstić information content (AvgIpc) is 3.43. The van der Waals surface area contributed by atoms with Crippen molar-refractivity contribution in [2.75, 3.05) is 36.4 Å². The molecule has 0 spiro atoms. The summed E-state index contributed by atoms with van der Waals surface area (Å²) in [5.74, 6) is -0.904. The van der Waals surface area contributed by atoms with E-state index in [-0.39, 0.29) is 51.5 Å². The van der Waals surface area contributed by atoms with Gasteiger partial charge in [0, 0.05) is 30.3 Å². The predicted octanol–water partition coefficient (Wildman–Crippen LogP) is 6.85. The number of hydrogen-bond acceptors (Lipinski definition) is 10. The Bertz CT molecular complexity index is 1960. The number of hydrogen-bond donors (Lipinski definition) is 1. The van der Waals surface area contributed by atoms with Gasteiger partial charge in [-0.3, -0.25) is 9.69 Å². The van der Waals surface area contributed by atoms with Gasteiger partial charge >= 0.3 is 0 Å². The topological polar surface area (TPSA) is 131 Å². The first-order valence-electron chi connectivity index (χ1n) is 17.1. The largest absolute Gasteiger partial charge is 0.474 e. The SMILES string of the molecule is Cc1cccc(C)c1-c1nc(NS(=O)(=O)c2cccc(C=O)c2)nc(OC[C@@H](CC(C)(C)C)N(C)Cc2ncc(N3CCC(C)(C)C3)cn2)c1F. The number of aldehydes is 1. The molecule has 3 heterocycles. The summed E-state index contributed by atoms with van der Waals surface area (Å²) in [5.41, 5.74) is 3.24. The fraction of sp³-hybridized carbons (Fsp3) is 0.447. The molecule has 1 atom stereocenters. The summed E-state index contributed by atoms with van der Waals surface area (Å²) in [4.78, 5) is 33.4. The van der Waals surface area contributed by atoms with E-state index in [0.29, 0.717) is 30.6 Å². The van der Waals surface area contributed by atoms with Crippen LogP contribution in [0.2, 0.25) is 0 Å². The van der Waals surface area contributed by atoms with Crippen molar-refractivity contribution in [1.29, 1.82) is 0 Å². The van der Waals surface area contributed by atoms with Gasteiger partial charge in [-0.25, -0.2) is 28.1 Å². The predicted molar refractivity (Wildman–Crippen MR) is 197 cm³/mol. The Labute approximate surface area is 300 Å². The molecule has 0 saturated carbocycles. The van der Waals surface area contributed by atoms with E-state index in [1.165, 1.54) is 24.3 Å². The Morgan fingerprint density at radius 3 is 2.35 bits per heavy atom. The van der Waals surface area contributed by atoms with Crippen molar-refractivity contribution >= 4 is 27.9 Å². The minimum absolute atomic E-state index is 0.0441. The van der Waals surface area contributed by atoms with Gasteiger partial charge in [0.15, 0.2) is 0 Å². The maximum absolute atomic E-state index is 16.4. The molecule has 4 aromatic rings. The molecule has 1 aliphatic heterocycles. The molecular formula is C38H48FN7O4S. The van der Waals surface area contributed by atoms with Crippen LogP contribution in [0.3, 0.4) is 0 Å². The Morgan fingerprint density at radius 1 is 1.08 bits per heavy atom. The molecule has 11 nitrogen and oxygen atoms in total. The quantitative estimate of drug-likeness (QED) is 0.147. The van der Waals surface area contributed by atoms with E-state index in [9.17, 15) is 13.2 Å². The van der Waals surface area contributed by atoms with Crippen molar-refractivity contribution in [3.05, 3.63) is 83.2 Å². The number of halogens is 1. The molecule has 2 aromatic carbocycles. The highest BCUT2D eigenvalue weighted by molar-refractivity contribution is 7.92. The van der Waals surface area contributed by atoms with Gasteiger partial charge in [-0.15, -0.1) is 0 Å². The number of ether oxygens (including phenoxy) is 1. The summed E-state index contributed by atoms with van der Waals surface area (Å²) in [5, 5.41) is 0. The highest BCUT2D eigenvalue weighted by Crippen LogP contribution is 2.34. The minimum Gasteiger partial charge on any atom is -0.474 e. The lowest BCUT2D eigenvalue weighted by molar-refractivity contribution is 0.109. The third kappa shape index (κ3) is 9.44. The van der Waals surface area contributed by atoms with Gasteiger partial charge in [0.25, 0.3) is 15.9 Å². The van der Waals surface area contributed by atoms with E-state index in [1.54, 1.807) is 0 Å². The number of likely N-dealkylation sites (N-methyl/N-ethyl adjacent to an activating group) is 1. The molecule has 1 aliphatic rings. The summed E-state index contributed by atoms with van der Waals surface area (Å²) >= 11 is 0. The van der Waals surface area contributed by atoms with E-state index in [4.69, 9.17) is 4.74 Å². The van der Waals surface area contributed by atoms with Gasteiger partial charge in [0.2, 0.25) is 11.8 Å². The molecular weight excluding hydrogens is 670 g/mol. The lowest BCUT2D eigenvalue weighted by Crippen LogP contribution is -2.39. The van der Waals surface area contributed by atoms with Gasteiger partial charge < -0.3 is 9.64 Å². The number of carbonyl (C=O) groups excluding carboxylic acids is 1. The first-order valence-corrected chi connectivity index (χ1v) is 18.5. The van der Waals surface area contributed by atoms with Crippen molar-refractivity contribution in [1.82, 2.24) is 24.8 Å². The molecule has 1 saturated heterocycles. The minimum atomic E-state index is -4.25. The molecule has 0 amide bonds. The second kappa shape index (κ2) is 15.0. The fourth-order valence-electron chi connectivity index (χ4n) is 6.36. The third-order valence-electron chi connectivity index (χ3n) is 9.08. The van der Waals surface area contributed by atoms with Crippen LogP contribution in [0.1, 0.15) is 74.8 Å². The van der Waals surface area contributed by atoms with E-state index in [0.717, 1.165) is 36.3 Å². The van der Waals surface area contributed by atoms with Crippen LogP contribution in [-0.4, -0.2) is 72.3 Å². The molecule has 1 fully saturated rings. The van der Waals surface area contributed by atoms with Gasteiger partial charge in [0.05, 0.1) is 29.5 Å². The number of nitrogens with zero attached hydrogens (tertiary/aromatic N) is 6. The van der Waals surface area contributed by atoms with Crippen LogP contribution in [0.25, 0.3) is 11.3 Å². The van der Waals surface area contributed by atoms with Crippen LogP contribution >= 0.6 is 0 Å². The first-order chi connectivity index (χ1) is 23.9. The number of carbonyl (C=O) groups is 1. The molecule has 51 heavy (non-hydrogen) atoms. The monoisotopic (exact) mass is 717 g/mol. The highest BCUT2D eigenvalue weighted by atomic mass is 32.2.